The van der Waals surface area contributed by atoms with Crippen molar-refractivity contribution in [1.29, 1.82) is 0 Å². The lowest BCUT2D eigenvalue weighted by Crippen LogP contribution is -2.15. The van der Waals surface area contributed by atoms with Crippen molar-refractivity contribution in [3.05, 3.63) is 56.3 Å². The quantitative estimate of drug-likeness (QED) is 0.635. The molecule has 2 rings (SSSR count). The van der Waals surface area contributed by atoms with Gasteiger partial charge < -0.3 is 9.72 Å². The zero-order valence-corrected chi connectivity index (χ0v) is 14.8. The van der Waals surface area contributed by atoms with Crippen LogP contribution in [0.5, 0.6) is 0 Å². The number of hydrogen-bond acceptors (Lipinski definition) is 4. The third-order valence-electron chi connectivity index (χ3n) is 3.55. The number of aryl methyl sites for hydroxylation is 1. The van der Waals surface area contributed by atoms with Crippen molar-refractivity contribution >= 4 is 40.7 Å². The number of carbonyl (C=O) groups is 3. The zero-order chi connectivity index (χ0) is 18.0. The van der Waals surface area contributed by atoms with Crippen LogP contribution in [0.15, 0.2) is 18.2 Å². The van der Waals surface area contributed by atoms with Gasteiger partial charge in [0, 0.05) is 16.3 Å². The van der Waals surface area contributed by atoms with Crippen LogP contribution in [0, 0.1) is 13.8 Å². The van der Waals surface area contributed by atoms with E-state index in [1.165, 1.54) is 25.1 Å². The van der Waals surface area contributed by atoms with Crippen molar-refractivity contribution in [2.75, 3.05) is 6.61 Å². The second kappa shape index (κ2) is 7.20. The van der Waals surface area contributed by atoms with E-state index in [2.05, 4.69) is 4.98 Å². The lowest BCUT2D eigenvalue weighted by Gasteiger charge is -2.06. The Morgan fingerprint density at radius 2 is 1.83 bits per heavy atom. The van der Waals surface area contributed by atoms with Crippen molar-refractivity contribution in [2.45, 2.75) is 20.8 Å². The predicted molar refractivity (Wildman–Crippen MR) is 91.3 cm³/mol. The maximum atomic E-state index is 12.3. The molecule has 7 heteroatoms. The van der Waals surface area contributed by atoms with Gasteiger partial charge in [-0.15, -0.1) is 0 Å². The molecule has 0 spiro atoms. The molecule has 0 saturated carbocycles. The minimum absolute atomic E-state index is 0.123. The third-order valence-corrected chi connectivity index (χ3v) is 4.10. The van der Waals surface area contributed by atoms with Crippen LogP contribution in [0.1, 0.15) is 49.4 Å². The van der Waals surface area contributed by atoms with E-state index in [-0.39, 0.29) is 22.1 Å². The average Bonchev–Trinajstić information content (AvgIpc) is 2.79. The molecule has 0 saturated heterocycles. The molecule has 0 radical (unpaired) electrons. The number of esters is 1. The summed E-state index contributed by atoms with van der Waals surface area (Å²) in [5.74, 6) is -1.29. The van der Waals surface area contributed by atoms with Gasteiger partial charge in [0.05, 0.1) is 16.3 Å². The molecule has 1 N–H and O–H groups in total. The molecule has 0 unspecified atom stereocenters. The number of ether oxygens (including phenoxy) is 1. The van der Waals surface area contributed by atoms with Gasteiger partial charge in [-0.25, -0.2) is 4.79 Å². The van der Waals surface area contributed by atoms with Gasteiger partial charge in [0.1, 0.15) is 0 Å². The Kier molecular flexibility index (Phi) is 5.47. The molecule has 0 bridgehead atoms. The smallest absolute Gasteiger partial charge is 0.340 e. The van der Waals surface area contributed by atoms with Crippen molar-refractivity contribution in [2.24, 2.45) is 0 Å². The van der Waals surface area contributed by atoms with Crippen molar-refractivity contribution < 1.29 is 19.1 Å². The van der Waals surface area contributed by atoms with Gasteiger partial charge in [0.25, 0.3) is 0 Å². The highest BCUT2D eigenvalue weighted by Crippen LogP contribution is 2.22. The molecule has 0 amide bonds. The number of Topliss-reactive ketones (excluding diaryl/α,β-unsaturated/α-hetero) is 2. The van der Waals surface area contributed by atoms with Gasteiger partial charge in [0.15, 0.2) is 12.4 Å². The highest BCUT2D eigenvalue weighted by atomic mass is 35.5. The number of hydrogen-bond donors (Lipinski definition) is 1. The van der Waals surface area contributed by atoms with E-state index in [1.54, 1.807) is 13.8 Å². The first kappa shape index (κ1) is 18.2. The summed E-state index contributed by atoms with van der Waals surface area (Å²) in [5, 5.41) is 0.535. The number of carbonyl (C=O) groups excluding carboxylic acids is 3. The highest BCUT2D eigenvalue weighted by Gasteiger charge is 2.21. The van der Waals surface area contributed by atoms with E-state index < -0.39 is 18.4 Å². The number of benzene rings is 1. The van der Waals surface area contributed by atoms with Crippen LogP contribution >= 0.6 is 23.2 Å². The Morgan fingerprint density at radius 1 is 1.17 bits per heavy atom. The number of H-pyrrole nitrogens is 1. The fourth-order valence-corrected chi connectivity index (χ4v) is 2.98. The first-order valence-electron chi connectivity index (χ1n) is 7.07. The normalized spacial score (nSPS) is 10.5. The Labute approximate surface area is 148 Å². The van der Waals surface area contributed by atoms with Crippen LogP contribution < -0.4 is 0 Å². The van der Waals surface area contributed by atoms with Gasteiger partial charge in [-0.05, 0) is 44.5 Å². The molecule has 0 fully saturated rings. The molecule has 5 nitrogen and oxygen atoms in total. The molecule has 0 atom stereocenters. The molecule has 1 heterocycles. The summed E-state index contributed by atoms with van der Waals surface area (Å²) in [5.41, 5.74) is 2.01. The first-order valence-corrected chi connectivity index (χ1v) is 7.83. The van der Waals surface area contributed by atoms with Gasteiger partial charge in [-0.3, -0.25) is 9.59 Å². The monoisotopic (exact) mass is 367 g/mol. The highest BCUT2D eigenvalue weighted by molar-refractivity contribution is 6.36. The molecule has 0 aliphatic rings. The van der Waals surface area contributed by atoms with Gasteiger partial charge >= 0.3 is 5.97 Å². The number of nitrogens with one attached hydrogen (secondary N) is 1. The molecule has 1 aromatic heterocycles. The maximum absolute atomic E-state index is 12.3. The first-order chi connectivity index (χ1) is 11.2. The minimum Gasteiger partial charge on any atom is -0.454 e. The van der Waals surface area contributed by atoms with E-state index in [9.17, 15) is 14.4 Å². The van der Waals surface area contributed by atoms with Crippen LogP contribution in [-0.2, 0) is 4.74 Å². The van der Waals surface area contributed by atoms with Gasteiger partial charge in [-0.2, -0.15) is 0 Å². The van der Waals surface area contributed by atoms with Crippen molar-refractivity contribution in [3.8, 4) is 0 Å². The summed E-state index contributed by atoms with van der Waals surface area (Å²) in [6.07, 6.45) is 0. The predicted octanol–water partition coefficient (Wildman–Crippen LogP) is 4.18. The van der Waals surface area contributed by atoms with Gasteiger partial charge in [-0.1, -0.05) is 23.2 Å². The molecule has 0 aliphatic heterocycles. The maximum Gasteiger partial charge on any atom is 0.340 e. The van der Waals surface area contributed by atoms with E-state index >= 15 is 0 Å². The fourth-order valence-electron chi connectivity index (χ4n) is 2.49. The van der Waals surface area contributed by atoms with Crippen molar-refractivity contribution in [3.63, 3.8) is 0 Å². The van der Waals surface area contributed by atoms with Crippen molar-refractivity contribution in [1.82, 2.24) is 4.98 Å². The van der Waals surface area contributed by atoms with Crippen LogP contribution in [0.3, 0.4) is 0 Å². The van der Waals surface area contributed by atoms with E-state index in [0.717, 1.165) is 0 Å². The van der Waals surface area contributed by atoms with E-state index in [0.29, 0.717) is 21.8 Å². The summed E-state index contributed by atoms with van der Waals surface area (Å²) < 4.78 is 5.01. The Morgan fingerprint density at radius 3 is 2.38 bits per heavy atom. The SMILES string of the molecule is CC(=O)c1c(C)[nH]c(C(=O)COC(=O)c2ccc(Cl)cc2Cl)c1C. The zero-order valence-electron chi connectivity index (χ0n) is 13.3. The lowest BCUT2D eigenvalue weighted by molar-refractivity contribution is 0.0473. The molecule has 126 valence electrons. The third kappa shape index (κ3) is 3.68. The molecule has 1 aromatic carbocycles. The largest absolute Gasteiger partial charge is 0.454 e. The summed E-state index contributed by atoms with van der Waals surface area (Å²) >= 11 is 11.7. The Balaban J connectivity index is 2.12. The number of aromatic nitrogens is 1. The number of aromatic amines is 1. The van der Waals surface area contributed by atoms with E-state index in [1.807, 2.05) is 0 Å². The average molecular weight is 368 g/mol. The van der Waals surface area contributed by atoms with Crippen LogP contribution in [-0.4, -0.2) is 29.1 Å². The Hall–Kier alpha value is -2.11. The minimum atomic E-state index is -0.724. The second-order valence-electron chi connectivity index (χ2n) is 5.30. The molecule has 2 aromatic rings. The molecule has 24 heavy (non-hydrogen) atoms. The lowest BCUT2D eigenvalue weighted by atomic mass is 10.1. The summed E-state index contributed by atoms with van der Waals surface area (Å²) in [7, 11) is 0. The number of ketones is 2. The van der Waals surface area contributed by atoms with Crippen LogP contribution in [0.4, 0.5) is 0 Å². The van der Waals surface area contributed by atoms with Crippen LogP contribution in [0.2, 0.25) is 10.0 Å². The standard InChI is InChI=1S/C17H15Cl2NO4/c1-8-15(10(3)21)9(2)20-16(8)14(22)7-24-17(23)12-5-4-11(18)6-13(12)19/h4-6,20H,7H2,1-3H3. The Bertz CT molecular complexity index is 839. The molecular weight excluding hydrogens is 353 g/mol. The van der Waals surface area contributed by atoms with E-state index in [4.69, 9.17) is 27.9 Å². The molecule has 0 aliphatic carbocycles. The van der Waals surface area contributed by atoms with Crippen LogP contribution in [0.25, 0.3) is 0 Å². The topological polar surface area (TPSA) is 76.2 Å². The summed E-state index contributed by atoms with van der Waals surface area (Å²) in [6.45, 7) is 4.35. The number of rotatable bonds is 5. The fraction of sp³-hybridized carbons (Fsp3) is 0.235. The summed E-state index contributed by atoms with van der Waals surface area (Å²) in [4.78, 5) is 38.7. The molecular formula is C17H15Cl2NO4. The summed E-state index contributed by atoms with van der Waals surface area (Å²) in [6, 6.07) is 4.35. The number of halogens is 2. The van der Waals surface area contributed by atoms with Gasteiger partial charge in [0.2, 0.25) is 5.78 Å². The second-order valence-corrected chi connectivity index (χ2v) is 6.15.